The van der Waals surface area contributed by atoms with Gasteiger partial charge in [-0.15, -0.1) is 0 Å². The number of ketones is 1. The molecule has 0 bridgehead atoms. The van der Waals surface area contributed by atoms with E-state index in [9.17, 15) is 14.0 Å². The second kappa shape index (κ2) is 5.29. The minimum Gasteiger partial charge on any atom is -0.482 e. The van der Waals surface area contributed by atoms with E-state index in [2.05, 4.69) is 21.2 Å². The van der Waals surface area contributed by atoms with Gasteiger partial charge in [0.1, 0.15) is 11.6 Å². The van der Waals surface area contributed by atoms with Gasteiger partial charge in [0, 0.05) is 11.1 Å². The van der Waals surface area contributed by atoms with Gasteiger partial charge >= 0.3 is 0 Å². The average Bonchev–Trinajstić information content (AvgIpc) is 2.48. The summed E-state index contributed by atoms with van der Waals surface area (Å²) in [6.07, 6.45) is 0. The van der Waals surface area contributed by atoms with Gasteiger partial charge in [-0.1, -0.05) is 0 Å². The molecule has 2 aromatic rings. The lowest BCUT2D eigenvalue weighted by Crippen LogP contribution is -2.25. The monoisotopic (exact) mass is 349 g/mol. The summed E-state index contributed by atoms with van der Waals surface area (Å²) in [6.45, 7) is -0.0365. The first-order chi connectivity index (χ1) is 10.0. The lowest BCUT2D eigenvalue weighted by molar-refractivity contribution is -0.118. The van der Waals surface area contributed by atoms with Crippen LogP contribution in [0.15, 0.2) is 40.9 Å². The highest BCUT2D eigenvalue weighted by Crippen LogP contribution is 2.29. The highest BCUT2D eigenvalue weighted by Gasteiger charge is 2.18. The summed E-state index contributed by atoms with van der Waals surface area (Å²) >= 11 is 3.05. The second-order valence-corrected chi connectivity index (χ2v) is 5.36. The Morgan fingerprint density at radius 3 is 2.67 bits per heavy atom. The van der Waals surface area contributed by atoms with E-state index < -0.39 is 5.82 Å². The van der Waals surface area contributed by atoms with Crippen LogP contribution in [0, 0.1) is 5.82 Å². The first-order valence-electron chi connectivity index (χ1n) is 6.11. The highest BCUT2D eigenvalue weighted by molar-refractivity contribution is 9.10. The Labute approximate surface area is 128 Å². The SMILES string of the molecule is O=C1COc2ccc(C(=O)c3ccc(F)c(Br)c3)cc2N1. The molecule has 1 heterocycles. The molecule has 1 amide bonds. The van der Waals surface area contributed by atoms with Crippen LogP contribution in [-0.4, -0.2) is 18.3 Å². The Morgan fingerprint density at radius 2 is 1.90 bits per heavy atom. The van der Waals surface area contributed by atoms with Crippen molar-refractivity contribution in [2.75, 3.05) is 11.9 Å². The van der Waals surface area contributed by atoms with Crippen LogP contribution in [0.3, 0.4) is 0 Å². The number of hydrogen-bond acceptors (Lipinski definition) is 3. The molecule has 1 aliphatic heterocycles. The van der Waals surface area contributed by atoms with E-state index in [1.165, 1.54) is 18.2 Å². The summed E-state index contributed by atoms with van der Waals surface area (Å²) in [5.41, 5.74) is 1.20. The Morgan fingerprint density at radius 1 is 1.19 bits per heavy atom. The molecule has 0 unspecified atom stereocenters. The standard InChI is InChI=1S/C15H9BrFNO3/c16-10-5-8(1-3-11(10)17)15(20)9-2-4-13-12(6-9)18-14(19)7-21-13/h1-6H,7H2,(H,18,19). The van der Waals surface area contributed by atoms with Gasteiger partial charge in [0.25, 0.3) is 5.91 Å². The van der Waals surface area contributed by atoms with E-state index in [-0.39, 0.29) is 22.8 Å². The van der Waals surface area contributed by atoms with E-state index in [1.807, 2.05) is 0 Å². The van der Waals surface area contributed by atoms with Gasteiger partial charge in [-0.25, -0.2) is 4.39 Å². The van der Waals surface area contributed by atoms with Gasteiger partial charge in [0.05, 0.1) is 10.2 Å². The van der Waals surface area contributed by atoms with Crippen LogP contribution in [0.25, 0.3) is 0 Å². The lowest BCUT2D eigenvalue weighted by atomic mass is 10.0. The summed E-state index contributed by atoms with van der Waals surface area (Å²) in [5, 5.41) is 2.64. The number of fused-ring (bicyclic) bond motifs is 1. The fourth-order valence-electron chi connectivity index (χ4n) is 2.03. The third-order valence-electron chi connectivity index (χ3n) is 3.06. The summed E-state index contributed by atoms with van der Waals surface area (Å²) in [6, 6.07) is 8.84. The largest absolute Gasteiger partial charge is 0.482 e. The second-order valence-electron chi connectivity index (χ2n) is 4.51. The molecule has 3 rings (SSSR count). The molecule has 4 nitrogen and oxygen atoms in total. The number of nitrogens with one attached hydrogen (secondary N) is 1. The minimum atomic E-state index is -0.433. The molecule has 0 saturated carbocycles. The molecule has 0 fully saturated rings. The highest BCUT2D eigenvalue weighted by atomic mass is 79.9. The molecule has 0 aliphatic carbocycles. The van der Waals surface area contributed by atoms with Crippen molar-refractivity contribution in [1.82, 2.24) is 0 Å². The topological polar surface area (TPSA) is 55.4 Å². The molecule has 0 saturated heterocycles. The molecule has 2 aromatic carbocycles. The van der Waals surface area contributed by atoms with E-state index >= 15 is 0 Å². The van der Waals surface area contributed by atoms with Crippen LogP contribution in [0.2, 0.25) is 0 Å². The summed E-state index contributed by atoms with van der Waals surface area (Å²) < 4.78 is 18.7. The van der Waals surface area contributed by atoms with Crippen molar-refractivity contribution in [1.29, 1.82) is 0 Å². The molecule has 106 valence electrons. The lowest BCUT2D eigenvalue weighted by Gasteiger charge is -2.18. The maximum absolute atomic E-state index is 13.2. The number of ether oxygens (including phenoxy) is 1. The Hall–Kier alpha value is -2.21. The van der Waals surface area contributed by atoms with Gasteiger partial charge in [-0.05, 0) is 52.3 Å². The van der Waals surface area contributed by atoms with Crippen molar-refractivity contribution in [3.05, 3.63) is 57.8 Å². The van der Waals surface area contributed by atoms with E-state index in [4.69, 9.17) is 4.74 Å². The van der Waals surface area contributed by atoms with Crippen LogP contribution in [-0.2, 0) is 4.79 Å². The molecule has 0 atom stereocenters. The van der Waals surface area contributed by atoms with Crippen molar-refractivity contribution in [3.8, 4) is 5.75 Å². The smallest absolute Gasteiger partial charge is 0.262 e. The van der Waals surface area contributed by atoms with Crippen LogP contribution < -0.4 is 10.1 Å². The van der Waals surface area contributed by atoms with E-state index in [0.29, 0.717) is 22.6 Å². The predicted octanol–water partition coefficient (Wildman–Crippen LogP) is 3.15. The molecule has 0 radical (unpaired) electrons. The van der Waals surface area contributed by atoms with Crippen LogP contribution >= 0.6 is 15.9 Å². The third kappa shape index (κ3) is 2.67. The van der Waals surface area contributed by atoms with Gasteiger partial charge in [-0.2, -0.15) is 0 Å². The molecule has 21 heavy (non-hydrogen) atoms. The molecule has 6 heteroatoms. The van der Waals surface area contributed by atoms with Gasteiger partial charge < -0.3 is 10.1 Å². The van der Waals surface area contributed by atoms with Gasteiger partial charge in [0.15, 0.2) is 12.4 Å². The average molecular weight is 350 g/mol. The first kappa shape index (κ1) is 13.8. The van der Waals surface area contributed by atoms with Gasteiger partial charge in [0.2, 0.25) is 0 Å². The normalized spacial score (nSPS) is 13.1. The maximum atomic E-state index is 13.2. The first-order valence-corrected chi connectivity index (χ1v) is 6.90. The zero-order chi connectivity index (χ0) is 15.0. The quantitative estimate of drug-likeness (QED) is 0.847. The summed E-state index contributed by atoms with van der Waals surface area (Å²) in [7, 11) is 0. The van der Waals surface area contributed by atoms with Gasteiger partial charge in [-0.3, -0.25) is 9.59 Å². The number of benzene rings is 2. The molecular formula is C15H9BrFNO3. The number of halogens is 2. The van der Waals surface area contributed by atoms with E-state index in [0.717, 1.165) is 0 Å². The Balaban J connectivity index is 1.96. The number of carbonyl (C=O) groups is 2. The molecule has 1 aliphatic rings. The van der Waals surface area contributed by atoms with Crippen molar-refractivity contribution >= 4 is 33.3 Å². The van der Waals surface area contributed by atoms with Crippen molar-refractivity contribution in [3.63, 3.8) is 0 Å². The molecular weight excluding hydrogens is 341 g/mol. The predicted molar refractivity (Wildman–Crippen MR) is 78.1 cm³/mol. The Bertz CT molecular complexity index is 761. The van der Waals surface area contributed by atoms with Crippen LogP contribution in [0.4, 0.5) is 10.1 Å². The third-order valence-corrected chi connectivity index (χ3v) is 3.66. The zero-order valence-corrected chi connectivity index (χ0v) is 12.2. The van der Waals surface area contributed by atoms with E-state index in [1.54, 1.807) is 18.2 Å². The zero-order valence-electron chi connectivity index (χ0n) is 10.7. The fourth-order valence-corrected chi connectivity index (χ4v) is 2.41. The number of rotatable bonds is 2. The molecule has 0 spiro atoms. The molecule has 1 N–H and O–H groups in total. The van der Waals surface area contributed by atoms with Crippen LogP contribution in [0.1, 0.15) is 15.9 Å². The number of amides is 1. The van der Waals surface area contributed by atoms with Crippen LogP contribution in [0.5, 0.6) is 5.75 Å². The summed E-state index contributed by atoms with van der Waals surface area (Å²) in [5.74, 6) is -0.445. The van der Waals surface area contributed by atoms with Crippen molar-refractivity contribution in [2.24, 2.45) is 0 Å². The number of anilines is 1. The van der Waals surface area contributed by atoms with Crippen molar-refractivity contribution < 1.29 is 18.7 Å². The number of carbonyl (C=O) groups excluding carboxylic acids is 2. The van der Waals surface area contributed by atoms with Crippen molar-refractivity contribution in [2.45, 2.75) is 0 Å². The minimum absolute atomic E-state index is 0.0365. The maximum Gasteiger partial charge on any atom is 0.262 e. The Kier molecular flexibility index (Phi) is 3.47. The summed E-state index contributed by atoms with van der Waals surface area (Å²) in [4.78, 5) is 23.7. The number of hydrogen-bond donors (Lipinski definition) is 1. The fraction of sp³-hybridized carbons (Fsp3) is 0.0667. The molecule has 0 aromatic heterocycles.